The zero-order valence-corrected chi connectivity index (χ0v) is 13.2. The molecule has 0 spiro atoms. The van der Waals surface area contributed by atoms with E-state index >= 15 is 0 Å². The van der Waals surface area contributed by atoms with E-state index in [0.29, 0.717) is 13.1 Å². The molecule has 1 atom stereocenters. The molecule has 0 aliphatic carbocycles. The number of hydrogen-bond acceptors (Lipinski definition) is 4. The maximum Gasteiger partial charge on any atom is 0.335 e. The Morgan fingerprint density at radius 2 is 2.00 bits per heavy atom. The summed E-state index contributed by atoms with van der Waals surface area (Å²) < 4.78 is 0. The lowest BCUT2D eigenvalue weighted by Crippen LogP contribution is -2.44. The average Bonchev–Trinajstić information content (AvgIpc) is 2.53. The van der Waals surface area contributed by atoms with Crippen molar-refractivity contribution < 1.29 is 19.6 Å². The van der Waals surface area contributed by atoms with E-state index in [4.69, 9.17) is 5.11 Å². The van der Waals surface area contributed by atoms with E-state index < -0.39 is 10.9 Å². The van der Waals surface area contributed by atoms with Gasteiger partial charge in [-0.25, -0.2) is 4.79 Å². The van der Waals surface area contributed by atoms with E-state index in [-0.39, 0.29) is 28.1 Å². The number of rotatable bonds is 4. The third kappa shape index (κ3) is 3.67. The summed E-state index contributed by atoms with van der Waals surface area (Å²) >= 11 is 0. The number of carboxylic acid groups (broad SMARTS) is 1. The van der Waals surface area contributed by atoms with Crippen LogP contribution in [0.15, 0.2) is 18.2 Å². The van der Waals surface area contributed by atoms with E-state index in [1.165, 1.54) is 6.07 Å². The number of nitro benzene ring substituents is 1. The largest absolute Gasteiger partial charge is 0.478 e. The van der Waals surface area contributed by atoms with Crippen molar-refractivity contribution in [3.63, 3.8) is 0 Å². The normalized spacial score (nSPS) is 21.0. The SMILES string of the molecule is CCC1(C)CCCN(C(=O)c2cc(C(=O)O)cc([N+](=O)[O-])c2)C1. The summed E-state index contributed by atoms with van der Waals surface area (Å²) in [5.41, 5.74) is -0.553. The number of carbonyl (C=O) groups excluding carboxylic acids is 1. The third-order valence-electron chi connectivity index (χ3n) is 4.54. The van der Waals surface area contributed by atoms with Gasteiger partial charge in [0.25, 0.3) is 11.6 Å². The van der Waals surface area contributed by atoms with Crippen molar-refractivity contribution in [3.8, 4) is 0 Å². The average molecular weight is 320 g/mol. The summed E-state index contributed by atoms with van der Waals surface area (Å²) in [6, 6.07) is 3.31. The lowest BCUT2D eigenvalue weighted by Gasteiger charge is -2.40. The number of nitrogens with zero attached hydrogens (tertiary/aromatic N) is 2. The van der Waals surface area contributed by atoms with Gasteiger partial charge in [-0.2, -0.15) is 0 Å². The number of likely N-dealkylation sites (tertiary alicyclic amines) is 1. The molecule has 7 heteroatoms. The smallest absolute Gasteiger partial charge is 0.335 e. The van der Waals surface area contributed by atoms with Crippen LogP contribution < -0.4 is 0 Å². The van der Waals surface area contributed by atoms with Crippen LogP contribution in [0, 0.1) is 15.5 Å². The lowest BCUT2D eigenvalue weighted by atomic mass is 9.79. The summed E-state index contributed by atoms with van der Waals surface area (Å²) in [5, 5.41) is 20.0. The third-order valence-corrected chi connectivity index (χ3v) is 4.54. The Bertz CT molecular complexity index is 626. The molecular formula is C16H20N2O5. The zero-order chi connectivity index (χ0) is 17.2. The van der Waals surface area contributed by atoms with Crippen LogP contribution in [-0.2, 0) is 0 Å². The fourth-order valence-electron chi connectivity index (χ4n) is 2.92. The molecular weight excluding hydrogens is 300 g/mol. The highest BCUT2D eigenvalue weighted by molar-refractivity contribution is 5.98. The number of aromatic carboxylic acids is 1. The van der Waals surface area contributed by atoms with Crippen LogP contribution in [0.4, 0.5) is 5.69 Å². The predicted octanol–water partition coefficient (Wildman–Crippen LogP) is 2.95. The molecule has 1 aliphatic rings. The Balaban J connectivity index is 2.35. The number of benzene rings is 1. The topological polar surface area (TPSA) is 101 Å². The van der Waals surface area contributed by atoms with Gasteiger partial charge in [0.05, 0.1) is 10.5 Å². The van der Waals surface area contributed by atoms with Gasteiger partial charge in [0.1, 0.15) is 0 Å². The number of hydrogen-bond donors (Lipinski definition) is 1. The van der Waals surface area contributed by atoms with Gasteiger partial charge < -0.3 is 10.0 Å². The summed E-state index contributed by atoms with van der Waals surface area (Å²) in [4.78, 5) is 35.7. The number of piperidine rings is 1. The first kappa shape index (κ1) is 16.9. The van der Waals surface area contributed by atoms with Crippen LogP contribution in [-0.4, -0.2) is 39.9 Å². The lowest BCUT2D eigenvalue weighted by molar-refractivity contribution is -0.384. The monoisotopic (exact) mass is 320 g/mol. The van der Waals surface area contributed by atoms with E-state index in [9.17, 15) is 19.7 Å². The second kappa shape index (κ2) is 6.36. The molecule has 2 rings (SSSR count). The number of non-ortho nitro benzene ring substituents is 1. The maximum absolute atomic E-state index is 12.7. The van der Waals surface area contributed by atoms with Gasteiger partial charge >= 0.3 is 5.97 Å². The van der Waals surface area contributed by atoms with E-state index in [0.717, 1.165) is 31.4 Å². The first-order chi connectivity index (χ1) is 10.8. The molecule has 1 aromatic carbocycles. The van der Waals surface area contributed by atoms with E-state index in [2.05, 4.69) is 13.8 Å². The Labute approximate surface area is 134 Å². The minimum absolute atomic E-state index is 0.0320. The molecule has 1 fully saturated rings. The number of nitro groups is 1. The highest BCUT2D eigenvalue weighted by Gasteiger charge is 2.32. The van der Waals surface area contributed by atoms with Gasteiger partial charge in [0.15, 0.2) is 0 Å². The van der Waals surface area contributed by atoms with Crippen molar-refractivity contribution >= 4 is 17.6 Å². The highest BCUT2D eigenvalue weighted by atomic mass is 16.6. The van der Waals surface area contributed by atoms with E-state index in [1.54, 1.807) is 4.90 Å². The molecule has 0 saturated carbocycles. The number of carbonyl (C=O) groups is 2. The quantitative estimate of drug-likeness (QED) is 0.679. The van der Waals surface area contributed by atoms with Crippen molar-refractivity contribution in [2.24, 2.45) is 5.41 Å². The molecule has 124 valence electrons. The maximum atomic E-state index is 12.7. The summed E-state index contributed by atoms with van der Waals surface area (Å²) in [5.74, 6) is -1.64. The molecule has 23 heavy (non-hydrogen) atoms. The molecule has 0 bridgehead atoms. The van der Waals surface area contributed by atoms with Crippen molar-refractivity contribution in [1.29, 1.82) is 0 Å². The molecule has 1 N–H and O–H groups in total. The van der Waals surface area contributed by atoms with Gasteiger partial charge in [-0.3, -0.25) is 14.9 Å². The van der Waals surface area contributed by atoms with Crippen LogP contribution in [0.5, 0.6) is 0 Å². The molecule has 1 unspecified atom stereocenters. The van der Waals surface area contributed by atoms with E-state index in [1.807, 2.05) is 0 Å². The summed E-state index contributed by atoms with van der Waals surface area (Å²) in [7, 11) is 0. The second-order valence-corrected chi connectivity index (χ2v) is 6.33. The zero-order valence-electron chi connectivity index (χ0n) is 13.2. The molecule has 1 aliphatic heterocycles. The Morgan fingerprint density at radius 3 is 2.57 bits per heavy atom. The minimum atomic E-state index is -1.29. The molecule has 1 aromatic rings. The standard InChI is InChI=1S/C16H20N2O5/c1-3-16(2)5-4-6-17(10-16)14(19)11-7-12(15(20)21)9-13(8-11)18(22)23/h7-9H,3-6,10H2,1-2H3,(H,20,21). The Morgan fingerprint density at radius 1 is 1.35 bits per heavy atom. The number of amides is 1. The van der Waals surface area contributed by atoms with Gasteiger partial charge in [0, 0.05) is 30.8 Å². The first-order valence-electron chi connectivity index (χ1n) is 7.58. The minimum Gasteiger partial charge on any atom is -0.478 e. The summed E-state index contributed by atoms with van der Waals surface area (Å²) in [6.07, 6.45) is 2.84. The van der Waals surface area contributed by atoms with Gasteiger partial charge in [-0.05, 0) is 30.7 Å². The van der Waals surface area contributed by atoms with Gasteiger partial charge in [0.2, 0.25) is 0 Å². The molecule has 0 aromatic heterocycles. The fraction of sp³-hybridized carbons (Fsp3) is 0.500. The number of carboxylic acids is 1. The molecule has 1 amide bonds. The summed E-state index contributed by atoms with van der Waals surface area (Å²) in [6.45, 7) is 5.35. The van der Waals surface area contributed by atoms with Crippen LogP contribution in [0.25, 0.3) is 0 Å². The van der Waals surface area contributed by atoms with Crippen LogP contribution in [0.2, 0.25) is 0 Å². The predicted molar refractivity (Wildman–Crippen MR) is 83.6 cm³/mol. The van der Waals surface area contributed by atoms with Crippen LogP contribution >= 0.6 is 0 Å². The van der Waals surface area contributed by atoms with Crippen LogP contribution in [0.1, 0.15) is 53.8 Å². The highest BCUT2D eigenvalue weighted by Crippen LogP contribution is 2.33. The Hall–Kier alpha value is -2.44. The Kier molecular flexibility index (Phi) is 4.68. The fourth-order valence-corrected chi connectivity index (χ4v) is 2.92. The van der Waals surface area contributed by atoms with Crippen LogP contribution in [0.3, 0.4) is 0 Å². The molecule has 7 nitrogen and oxygen atoms in total. The van der Waals surface area contributed by atoms with Crippen molar-refractivity contribution in [2.75, 3.05) is 13.1 Å². The van der Waals surface area contributed by atoms with Crippen molar-refractivity contribution in [1.82, 2.24) is 4.90 Å². The second-order valence-electron chi connectivity index (χ2n) is 6.33. The van der Waals surface area contributed by atoms with Gasteiger partial charge in [-0.15, -0.1) is 0 Å². The molecule has 1 saturated heterocycles. The van der Waals surface area contributed by atoms with Crippen molar-refractivity contribution in [2.45, 2.75) is 33.1 Å². The van der Waals surface area contributed by atoms with Gasteiger partial charge in [-0.1, -0.05) is 13.8 Å². The molecule has 0 radical (unpaired) electrons. The molecule has 1 heterocycles. The first-order valence-corrected chi connectivity index (χ1v) is 7.58. The van der Waals surface area contributed by atoms with Crippen molar-refractivity contribution in [3.05, 3.63) is 39.4 Å².